The Morgan fingerprint density at radius 2 is 1.73 bits per heavy atom. The lowest BCUT2D eigenvalue weighted by molar-refractivity contribution is -0.274. The standard InChI is InChI=1S/C19H18Cl2F3N3O3/c1-18(27-16(28)10-25,17(29)26-14-7-12(20)6-13(21)8-14)9-11-2-4-15(5-3-11)30-19(22,23)24/h2-8H,9-10,25H2,1H3,(H,26,29)(H,27,28)/t18-/m1/s1/i1D3,10+1,16+1. The smallest absolute Gasteiger partial charge is 0.406 e. The highest BCUT2D eigenvalue weighted by Gasteiger charge is 2.35. The summed E-state index contributed by atoms with van der Waals surface area (Å²) in [5.41, 5.74) is 2.94. The summed E-state index contributed by atoms with van der Waals surface area (Å²) in [6.45, 7) is -3.72. The zero-order valence-corrected chi connectivity index (χ0v) is 16.7. The zero-order valence-electron chi connectivity index (χ0n) is 18.1. The first kappa shape index (κ1) is 19.5. The Bertz CT molecular complexity index is 1000. The van der Waals surface area contributed by atoms with Crippen LogP contribution in [0.2, 0.25) is 10.0 Å². The van der Waals surface area contributed by atoms with E-state index in [9.17, 15) is 22.8 Å². The number of ether oxygens (including phenoxy) is 1. The summed E-state index contributed by atoms with van der Waals surface area (Å²) in [6.07, 6.45) is -5.53. The van der Waals surface area contributed by atoms with E-state index in [-0.39, 0.29) is 21.3 Å². The molecular weight excluding hydrogens is 448 g/mol. The van der Waals surface area contributed by atoms with E-state index in [0.717, 1.165) is 24.3 Å². The molecule has 6 nitrogen and oxygen atoms in total. The average molecular weight is 469 g/mol. The normalized spacial score (nSPS) is 15.2. The molecule has 2 amide bonds. The molecule has 0 fully saturated rings. The zero-order chi connectivity index (χ0) is 25.0. The first-order valence-corrected chi connectivity index (χ1v) is 9.04. The third-order valence-electron chi connectivity index (χ3n) is 3.67. The van der Waals surface area contributed by atoms with E-state index in [0.29, 0.717) is 0 Å². The molecule has 30 heavy (non-hydrogen) atoms. The number of hydrogen-bond acceptors (Lipinski definition) is 4. The van der Waals surface area contributed by atoms with Gasteiger partial charge in [0.15, 0.2) is 0 Å². The highest BCUT2D eigenvalue weighted by atomic mass is 35.5. The van der Waals surface area contributed by atoms with Gasteiger partial charge in [0, 0.05) is 26.3 Å². The molecule has 11 heteroatoms. The highest BCUT2D eigenvalue weighted by Crippen LogP contribution is 2.26. The van der Waals surface area contributed by atoms with Crippen LogP contribution in [0.15, 0.2) is 42.5 Å². The lowest BCUT2D eigenvalue weighted by Crippen LogP contribution is -2.57. The SMILES string of the molecule is [2H]C([2H])([2H])[C@](Cc1ccc(OC(F)(F)F)cc1)(N[13C](=O)[13CH2]N)C(=O)Nc1cc(Cl)cc(Cl)c1. The summed E-state index contributed by atoms with van der Waals surface area (Å²) in [4.78, 5) is 25.3. The van der Waals surface area contributed by atoms with Crippen molar-refractivity contribution in [3.63, 3.8) is 0 Å². The van der Waals surface area contributed by atoms with Gasteiger partial charge in [-0.2, -0.15) is 0 Å². The maximum absolute atomic E-state index is 13.2. The second-order valence-corrected chi connectivity index (χ2v) is 7.01. The maximum atomic E-state index is 13.2. The summed E-state index contributed by atoms with van der Waals surface area (Å²) in [5.74, 6) is -2.63. The van der Waals surface area contributed by atoms with Crippen LogP contribution in [-0.2, 0) is 16.0 Å². The molecule has 162 valence electrons. The topological polar surface area (TPSA) is 93.4 Å². The monoisotopic (exact) mass is 468 g/mol. The summed E-state index contributed by atoms with van der Waals surface area (Å²) >= 11 is 11.8. The lowest BCUT2D eigenvalue weighted by Gasteiger charge is -2.30. The minimum absolute atomic E-state index is 0.0575. The Morgan fingerprint density at radius 3 is 2.23 bits per heavy atom. The van der Waals surface area contributed by atoms with Crippen LogP contribution in [0, 0.1) is 0 Å². The van der Waals surface area contributed by atoms with Gasteiger partial charge in [-0.25, -0.2) is 0 Å². The molecule has 0 aliphatic rings. The van der Waals surface area contributed by atoms with Gasteiger partial charge in [-0.1, -0.05) is 35.3 Å². The van der Waals surface area contributed by atoms with Crippen LogP contribution in [0.25, 0.3) is 0 Å². The van der Waals surface area contributed by atoms with Crippen molar-refractivity contribution in [2.45, 2.75) is 25.2 Å². The van der Waals surface area contributed by atoms with E-state index >= 15 is 0 Å². The molecule has 4 N–H and O–H groups in total. The highest BCUT2D eigenvalue weighted by molar-refractivity contribution is 6.35. The molecule has 1 atom stereocenters. The van der Waals surface area contributed by atoms with Crippen molar-refractivity contribution in [1.82, 2.24) is 5.32 Å². The Balaban J connectivity index is 2.47. The number of carbonyl (C=O) groups excluding carboxylic acids is 2. The van der Waals surface area contributed by atoms with Gasteiger partial charge in [0.1, 0.15) is 11.3 Å². The molecule has 2 rings (SSSR count). The van der Waals surface area contributed by atoms with Crippen molar-refractivity contribution >= 4 is 40.7 Å². The third-order valence-corrected chi connectivity index (χ3v) is 4.11. The Labute approximate surface area is 184 Å². The molecule has 0 unspecified atom stereocenters. The van der Waals surface area contributed by atoms with Gasteiger partial charge in [0.05, 0.1) is 6.54 Å². The number of carbonyl (C=O) groups is 2. The van der Waals surface area contributed by atoms with E-state index in [1.165, 1.54) is 18.2 Å². The molecule has 0 aromatic heterocycles. The van der Waals surface area contributed by atoms with Gasteiger partial charge in [0.25, 0.3) is 0 Å². The fourth-order valence-electron chi connectivity index (χ4n) is 2.45. The van der Waals surface area contributed by atoms with Gasteiger partial charge >= 0.3 is 6.36 Å². The molecule has 0 bridgehead atoms. The van der Waals surface area contributed by atoms with Gasteiger partial charge in [-0.05, 0) is 42.7 Å². The lowest BCUT2D eigenvalue weighted by atomic mass is 9.92. The molecule has 0 aliphatic carbocycles. The molecule has 0 aliphatic heterocycles. The molecule has 0 spiro atoms. The van der Waals surface area contributed by atoms with Crippen LogP contribution in [0.3, 0.4) is 0 Å². The second-order valence-electron chi connectivity index (χ2n) is 6.14. The van der Waals surface area contributed by atoms with Crippen LogP contribution in [0.5, 0.6) is 5.75 Å². The number of benzene rings is 2. The number of amides is 2. The van der Waals surface area contributed by atoms with Gasteiger partial charge in [-0.15, -0.1) is 13.2 Å². The number of nitrogens with one attached hydrogen (secondary N) is 2. The van der Waals surface area contributed by atoms with Crippen molar-refractivity contribution in [3.05, 3.63) is 58.1 Å². The van der Waals surface area contributed by atoms with Crippen molar-refractivity contribution < 1.29 is 31.6 Å². The first-order valence-electron chi connectivity index (χ1n) is 9.78. The molecular formula is C19H18Cl2F3N3O3. The summed E-state index contributed by atoms with van der Waals surface area (Å²) in [5, 5.41) is 4.83. The Hall–Kier alpha value is -2.49. The van der Waals surface area contributed by atoms with E-state index in [1.54, 1.807) is 0 Å². The minimum Gasteiger partial charge on any atom is -0.406 e. The fourth-order valence-corrected chi connectivity index (χ4v) is 2.98. The molecule has 0 heterocycles. The largest absolute Gasteiger partial charge is 0.573 e. The van der Waals surface area contributed by atoms with Crippen molar-refractivity contribution in [1.29, 1.82) is 0 Å². The number of anilines is 1. The van der Waals surface area contributed by atoms with Gasteiger partial charge in [-0.3, -0.25) is 9.59 Å². The predicted octanol–water partition coefficient (Wildman–Crippen LogP) is 3.91. The second kappa shape index (κ2) is 9.55. The third kappa shape index (κ3) is 7.08. The van der Waals surface area contributed by atoms with E-state index < -0.39 is 49.3 Å². The molecule has 0 saturated carbocycles. The van der Waals surface area contributed by atoms with Crippen LogP contribution in [-0.4, -0.2) is 30.3 Å². The van der Waals surface area contributed by atoms with E-state index in [4.69, 9.17) is 33.0 Å². The summed E-state index contributed by atoms with van der Waals surface area (Å²) in [6, 6.07) is 8.18. The minimum atomic E-state index is -4.92. The molecule has 0 radical (unpaired) electrons. The summed E-state index contributed by atoms with van der Waals surface area (Å²) < 4.78 is 64.9. The molecule has 2 aromatic rings. The maximum Gasteiger partial charge on any atom is 0.573 e. The fraction of sp³-hybridized carbons (Fsp3) is 0.263. The number of nitrogens with two attached hydrogens (primary N) is 1. The van der Waals surface area contributed by atoms with E-state index in [1.807, 2.05) is 0 Å². The number of alkyl halides is 3. The van der Waals surface area contributed by atoms with Crippen molar-refractivity contribution in [2.24, 2.45) is 5.73 Å². The number of halogens is 5. The molecule has 2 aromatic carbocycles. The van der Waals surface area contributed by atoms with Crippen LogP contribution in [0.1, 0.15) is 16.5 Å². The van der Waals surface area contributed by atoms with Gasteiger partial charge in [0.2, 0.25) is 11.8 Å². The van der Waals surface area contributed by atoms with E-state index in [2.05, 4.69) is 15.4 Å². The Kier molecular flexibility index (Phi) is 6.20. The number of rotatable bonds is 7. The summed E-state index contributed by atoms with van der Waals surface area (Å²) in [7, 11) is 0. The van der Waals surface area contributed by atoms with Crippen molar-refractivity contribution in [3.8, 4) is 5.75 Å². The Morgan fingerprint density at radius 1 is 1.13 bits per heavy atom. The molecule has 0 saturated heterocycles. The predicted molar refractivity (Wildman–Crippen MR) is 108 cm³/mol. The van der Waals surface area contributed by atoms with Crippen molar-refractivity contribution in [2.75, 3.05) is 11.9 Å². The van der Waals surface area contributed by atoms with Crippen LogP contribution >= 0.6 is 23.2 Å². The van der Waals surface area contributed by atoms with Gasteiger partial charge < -0.3 is 21.1 Å². The quantitative estimate of drug-likeness (QED) is 0.537. The van der Waals surface area contributed by atoms with Crippen LogP contribution in [0.4, 0.5) is 18.9 Å². The number of hydrogen-bond donors (Lipinski definition) is 3. The van der Waals surface area contributed by atoms with Crippen LogP contribution < -0.4 is 21.1 Å². The average Bonchev–Trinajstić information content (AvgIpc) is 2.65. The first-order chi connectivity index (χ1) is 15.1.